The predicted molar refractivity (Wildman–Crippen MR) is 61.9 cm³/mol. The molecule has 1 aromatic heterocycles. The monoisotopic (exact) mass is 256 g/mol. The lowest BCUT2D eigenvalue weighted by Gasteiger charge is -2.19. The van der Waals surface area contributed by atoms with E-state index in [-0.39, 0.29) is 6.04 Å². The molecule has 7 heteroatoms. The summed E-state index contributed by atoms with van der Waals surface area (Å²) in [5, 5.41) is 7.09. The predicted octanol–water partition coefficient (Wildman–Crippen LogP) is 0.779. The fraction of sp³-hybridized carbons (Fsp3) is 0.800. The standard InChI is InChI=1S/C10H16N4O2S/c1-17(15,16)14-6-2-3-8(14)10-11-9(12-13-10)7-4-5-7/h7-8H,2-6H2,1H3,(H,11,12,13). The van der Waals surface area contributed by atoms with Crippen molar-refractivity contribution in [2.24, 2.45) is 0 Å². The van der Waals surface area contributed by atoms with Crippen molar-refractivity contribution in [3.8, 4) is 0 Å². The van der Waals surface area contributed by atoms with Crippen molar-refractivity contribution in [1.82, 2.24) is 19.5 Å². The van der Waals surface area contributed by atoms with Gasteiger partial charge in [0.2, 0.25) is 10.0 Å². The topological polar surface area (TPSA) is 79.0 Å². The van der Waals surface area contributed by atoms with E-state index in [1.54, 1.807) is 0 Å². The van der Waals surface area contributed by atoms with Gasteiger partial charge in [-0.2, -0.15) is 9.40 Å². The maximum absolute atomic E-state index is 11.6. The minimum atomic E-state index is -3.15. The average molecular weight is 256 g/mol. The van der Waals surface area contributed by atoms with Crippen LogP contribution in [-0.4, -0.2) is 40.7 Å². The molecule has 0 radical (unpaired) electrons. The van der Waals surface area contributed by atoms with Gasteiger partial charge < -0.3 is 0 Å². The molecular weight excluding hydrogens is 240 g/mol. The van der Waals surface area contributed by atoms with Gasteiger partial charge >= 0.3 is 0 Å². The van der Waals surface area contributed by atoms with Gasteiger partial charge in [-0.15, -0.1) is 0 Å². The second kappa shape index (κ2) is 3.78. The molecule has 1 N–H and O–H groups in total. The molecule has 0 bridgehead atoms. The summed E-state index contributed by atoms with van der Waals surface area (Å²) >= 11 is 0. The van der Waals surface area contributed by atoms with Crippen LogP contribution in [0.2, 0.25) is 0 Å². The minimum Gasteiger partial charge on any atom is -0.262 e. The fourth-order valence-electron chi connectivity index (χ4n) is 2.37. The Hall–Kier alpha value is -0.950. The van der Waals surface area contributed by atoms with E-state index in [2.05, 4.69) is 15.2 Å². The number of aromatic amines is 1. The smallest absolute Gasteiger partial charge is 0.211 e. The van der Waals surface area contributed by atoms with E-state index in [1.807, 2.05) is 0 Å². The molecule has 1 atom stereocenters. The number of aromatic nitrogens is 3. The molecule has 1 saturated heterocycles. The first-order valence-electron chi connectivity index (χ1n) is 5.95. The van der Waals surface area contributed by atoms with Crippen molar-refractivity contribution in [2.75, 3.05) is 12.8 Å². The van der Waals surface area contributed by atoms with Crippen molar-refractivity contribution in [2.45, 2.75) is 37.6 Å². The molecule has 94 valence electrons. The van der Waals surface area contributed by atoms with E-state index < -0.39 is 10.0 Å². The van der Waals surface area contributed by atoms with Crippen molar-refractivity contribution in [1.29, 1.82) is 0 Å². The zero-order chi connectivity index (χ0) is 12.0. The molecule has 3 rings (SSSR count). The van der Waals surface area contributed by atoms with Gasteiger partial charge in [-0.3, -0.25) is 5.10 Å². The molecule has 17 heavy (non-hydrogen) atoms. The lowest BCUT2D eigenvalue weighted by molar-refractivity contribution is 0.387. The summed E-state index contributed by atoms with van der Waals surface area (Å²) in [6, 6.07) is -0.148. The largest absolute Gasteiger partial charge is 0.262 e. The summed E-state index contributed by atoms with van der Waals surface area (Å²) in [7, 11) is -3.15. The van der Waals surface area contributed by atoms with Crippen molar-refractivity contribution >= 4 is 10.0 Å². The van der Waals surface area contributed by atoms with Crippen LogP contribution in [-0.2, 0) is 10.0 Å². The highest BCUT2D eigenvalue weighted by molar-refractivity contribution is 7.88. The molecule has 6 nitrogen and oxygen atoms in total. The Morgan fingerprint density at radius 3 is 2.76 bits per heavy atom. The van der Waals surface area contributed by atoms with Gasteiger partial charge in [-0.25, -0.2) is 13.4 Å². The number of nitrogens with one attached hydrogen (secondary N) is 1. The van der Waals surface area contributed by atoms with Gasteiger partial charge in [0.15, 0.2) is 5.82 Å². The highest BCUT2D eigenvalue weighted by Gasteiger charge is 2.36. The lowest BCUT2D eigenvalue weighted by Crippen LogP contribution is -2.30. The summed E-state index contributed by atoms with van der Waals surface area (Å²) in [5.74, 6) is 2.04. The van der Waals surface area contributed by atoms with Crippen LogP contribution in [0.15, 0.2) is 0 Å². The zero-order valence-electron chi connectivity index (χ0n) is 9.76. The van der Waals surface area contributed by atoms with Crippen LogP contribution in [0.25, 0.3) is 0 Å². The van der Waals surface area contributed by atoms with Crippen LogP contribution in [0.5, 0.6) is 0 Å². The molecule has 0 amide bonds. The highest BCUT2D eigenvalue weighted by atomic mass is 32.2. The Kier molecular flexibility index (Phi) is 2.48. The summed E-state index contributed by atoms with van der Waals surface area (Å²) in [4.78, 5) is 4.45. The van der Waals surface area contributed by atoms with Crippen molar-refractivity contribution in [3.63, 3.8) is 0 Å². The molecule has 1 aliphatic heterocycles. The van der Waals surface area contributed by atoms with Gasteiger partial charge in [0.05, 0.1) is 12.3 Å². The van der Waals surface area contributed by atoms with Crippen molar-refractivity contribution in [3.05, 3.63) is 11.6 Å². The summed E-state index contributed by atoms with van der Waals surface area (Å²) in [6.07, 6.45) is 5.27. The number of hydrogen-bond acceptors (Lipinski definition) is 4. The SMILES string of the molecule is CS(=O)(=O)N1CCCC1c1nc(C2CC2)n[nH]1. The van der Waals surface area contributed by atoms with Crippen LogP contribution < -0.4 is 0 Å². The Morgan fingerprint density at radius 2 is 2.12 bits per heavy atom. The minimum absolute atomic E-state index is 0.148. The van der Waals surface area contributed by atoms with Crippen LogP contribution >= 0.6 is 0 Å². The first-order valence-corrected chi connectivity index (χ1v) is 7.79. The summed E-state index contributed by atoms with van der Waals surface area (Å²) in [6.45, 7) is 0.586. The Bertz CT molecular complexity index is 520. The van der Waals surface area contributed by atoms with E-state index in [9.17, 15) is 8.42 Å². The maximum Gasteiger partial charge on any atom is 0.211 e. The van der Waals surface area contributed by atoms with Gasteiger partial charge in [0.25, 0.3) is 0 Å². The molecule has 0 aromatic carbocycles. The Balaban J connectivity index is 1.86. The van der Waals surface area contributed by atoms with E-state index in [0.29, 0.717) is 18.3 Å². The summed E-state index contributed by atoms with van der Waals surface area (Å²) in [5.41, 5.74) is 0. The third kappa shape index (κ3) is 2.09. The number of H-pyrrole nitrogens is 1. The maximum atomic E-state index is 11.6. The lowest BCUT2D eigenvalue weighted by atomic mass is 10.2. The molecule has 1 saturated carbocycles. The van der Waals surface area contributed by atoms with E-state index in [4.69, 9.17) is 0 Å². The quantitative estimate of drug-likeness (QED) is 0.866. The molecule has 1 unspecified atom stereocenters. The average Bonchev–Trinajstić information content (AvgIpc) is 2.82. The fourth-order valence-corrected chi connectivity index (χ4v) is 3.50. The summed E-state index contributed by atoms with van der Waals surface area (Å²) < 4.78 is 24.8. The first-order chi connectivity index (χ1) is 8.05. The first kappa shape index (κ1) is 11.2. The zero-order valence-corrected chi connectivity index (χ0v) is 10.6. The molecule has 1 aromatic rings. The van der Waals surface area contributed by atoms with Gasteiger partial charge in [-0.05, 0) is 25.7 Å². The highest BCUT2D eigenvalue weighted by Crippen LogP contribution is 2.39. The molecule has 2 fully saturated rings. The third-order valence-electron chi connectivity index (χ3n) is 3.41. The number of nitrogens with zero attached hydrogens (tertiary/aromatic N) is 3. The van der Waals surface area contributed by atoms with Gasteiger partial charge in [0.1, 0.15) is 5.82 Å². The van der Waals surface area contributed by atoms with Gasteiger partial charge in [0, 0.05) is 12.5 Å². The second-order valence-corrected chi connectivity index (χ2v) is 6.82. The van der Waals surface area contributed by atoms with Gasteiger partial charge in [-0.1, -0.05) is 0 Å². The number of rotatable bonds is 3. The van der Waals surface area contributed by atoms with E-state index in [1.165, 1.54) is 10.6 Å². The van der Waals surface area contributed by atoms with E-state index >= 15 is 0 Å². The molecule has 1 aliphatic carbocycles. The Labute approximate surface area is 100 Å². The molecule has 0 spiro atoms. The normalized spacial score (nSPS) is 26.5. The van der Waals surface area contributed by atoms with E-state index in [0.717, 1.165) is 31.5 Å². The molecule has 2 heterocycles. The van der Waals surface area contributed by atoms with Crippen molar-refractivity contribution < 1.29 is 8.42 Å². The Morgan fingerprint density at radius 1 is 1.35 bits per heavy atom. The van der Waals surface area contributed by atoms with Crippen LogP contribution in [0.1, 0.15) is 49.3 Å². The molecular formula is C10H16N4O2S. The molecule has 2 aliphatic rings. The van der Waals surface area contributed by atoms with Crippen LogP contribution in [0.4, 0.5) is 0 Å². The number of sulfonamides is 1. The third-order valence-corrected chi connectivity index (χ3v) is 4.70. The second-order valence-electron chi connectivity index (χ2n) is 4.88. The van der Waals surface area contributed by atoms with Crippen LogP contribution in [0.3, 0.4) is 0 Å². The number of hydrogen-bond donors (Lipinski definition) is 1. The van der Waals surface area contributed by atoms with Crippen LogP contribution in [0, 0.1) is 0 Å².